The van der Waals surface area contributed by atoms with E-state index in [1.54, 1.807) is 0 Å². The van der Waals surface area contributed by atoms with Crippen molar-refractivity contribution in [2.24, 2.45) is 5.92 Å². The molecule has 1 saturated carbocycles. The third-order valence-corrected chi connectivity index (χ3v) is 4.58. The summed E-state index contributed by atoms with van der Waals surface area (Å²) < 4.78 is 0. The maximum absolute atomic E-state index is 12.3. The Balaban J connectivity index is 2.02. The van der Waals surface area contributed by atoms with E-state index in [0.717, 1.165) is 24.8 Å². The number of hydrogen-bond acceptors (Lipinski definition) is 1. The van der Waals surface area contributed by atoms with Crippen molar-refractivity contribution in [2.75, 3.05) is 5.88 Å². The van der Waals surface area contributed by atoms with Crippen LogP contribution in [-0.4, -0.2) is 17.8 Å². The molecule has 0 aliphatic heterocycles. The molecule has 1 aliphatic carbocycles. The summed E-state index contributed by atoms with van der Waals surface area (Å²) in [5, 5.41) is 3.13. The minimum Gasteiger partial charge on any atom is -0.349 e. The third kappa shape index (κ3) is 3.54. The molecule has 0 spiro atoms. The Kier molecular flexibility index (Phi) is 4.74. The standard InChI is InChI=1S/C17H24ClNO/c1-17(2,3)14-9-7-12(8-10-14)16(20)19-15-6-4-5-13(15)11-18/h7-10,13,15H,4-6,11H2,1-3H3,(H,19,20). The van der Waals surface area contributed by atoms with Gasteiger partial charge in [-0.1, -0.05) is 39.3 Å². The lowest BCUT2D eigenvalue weighted by atomic mass is 9.86. The summed E-state index contributed by atoms with van der Waals surface area (Å²) in [5.74, 6) is 1.08. The molecule has 3 heteroatoms. The molecular formula is C17H24ClNO. The van der Waals surface area contributed by atoms with E-state index in [1.807, 2.05) is 24.3 Å². The molecule has 2 nitrogen and oxygen atoms in total. The Bertz CT molecular complexity index is 461. The molecular weight excluding hydrogens is 270 g/mol. The topological polar surface area (TPSA) is 29.1 Å². The van der Waals surface area contributed by atoms with Gasteiger partial charge in [-0.3, -0.25) is 4.79 Å². The molecule has 0 saturated heterocycles. The van der Waals surface area contributed by atoms with Gasteiger partial charge in [0.25, 0.3) is 5.91 Å². The fourth-order valence-electron chi connectivity index (χ4n) is 2.78. The molecule has 1 aromatic carbocycles. The number of carbonyl (C=O) groups is 1. The minimum absolute atomic E-state index is 0.0208. The van der Waals surface area contributed by atoms with Gasteiger partial charge in [-0.15, -0.1) is 11.6 Å². The Morgan fingerprint density at radius 2 is 1.90 bits per heavy atom. The fourth-order valence-corrected chi connectivity index (χ4v) is 3.15. The number of hydrogen-bond donors (Lipinski definition) is 1. The molecule has 1 N–H and O–H groups in total. The summed E-state index contributed by atoms with van der Waals surface area (Å²) in [4.78, 5) is 12.3. The summed E-state index contributed by atoms with van der Waals surface area (Å²) in [6.45, 7) is 6.52. The van der Waals surface area contributed by atoms with Gasteiger partial charge < -0.3 is 5.32 Å². The Morgan fingerprint density at radius 3 is 2.45 bits per heavy atom. The lowest BCUT2D eigenvalue weighted by Crippen LogP contribution is -2.37. The third-order valence-electron chi connectivity index (χ3n) is 4.19. The first-order valence-corrected chi connectivity index (χ1v) is 7.92. The van der Waals surface area contributed by atoms with Crippen molar-refractivity contribution in [1.82, 2.24) is 5.32 Å². The van der Waals surface area contributed by atoms with Crippen LogP contribution in [0, 0.1) is 5.92 Å². The lowest BCUT2D eigenvalue weighted by molar-refractivity contribution is 0.0930. The zero-order chi connectivity index (χ0) is 14.8. The van der Waals surface area contributed by atoms with Gasteiger partial charge in [-0.05, 0) is 41.9 Å². The van der Waals surface area contributed by atoms with E-state index in [-0.39, 0.29) is 17.4 Å². The molecule has 1 amide bonds. The number of carbonyl (C=O) groups excluding carboxylic acids is 1. The van der Waals surface area contributed by atoms with E-state index >= 15 is 0 Å². The van der Waals surface area contributed by atoms with Crippen molar-refractivity contribution >= 4 is 17.5 Å². The number of benzene rings is 1. The highest BCUT2D eigenvalue weighted by Gasteiger charge is 2.28. The van der Waals surface area contributed by atoms with Crippen LogP contribution in [0.5, 0.6) is 0 Å². The highest BCUT2D eigenvalue weighted by Crippen LogP contribution is 2.27. The van der Waals surface area contributed by atoms with E-state index in [1.165, 1.54) is 5.56 Å². The van der Waals surface area contributed by atoms with Gasteiger partial charge in [0, 0.05) is 17.5 Å². The van der Waals surface area contributed by atoms with Crippen molar-refractivity contribution in [3.63, 3.8) is 0 Å². The molecule has 2 unspecified atom stereocenters. The van der Waals surface area contributed by atoms with Crippen LogP contribution in [-0.2, 0) is 5.41 Å². The van der Waals surface area contributed by atoms with Crippen LogP contribution in [0.15, 0.2) is 24.3 Å². The molecule has 20 heavy (non-hydrogen) atoms. The molecule has 1 aromatic rings. The average Bonchev–Trinajstić information content (AvgIpc) is 2.85. The molecule has 2 rings (SSSR count). The zero-order valence-electron chi connectivity index (χ0n) is 12.6. The predicted molar refractivity (Wildman–Crippen MR) is 84.5 cm³/mol. The van der Waals surface area contributed by atoms with E-state index in [9.17, 15) is 4.79 Å². The summed E-state index contributed by atoms with van der Waals surface area (Å²) in [5.41, 5.74) is 2.09. The van der Waals surface area contributed by atoms with Gasteiger partial charge >= 0.3 is 0 Å². The highest BCUT2D eigenvalue weighted by molar-refractivity contribution is 6.18. The lowest BCUT2D eigenvalue weighted by Gasteiger charge is -2.20. The van der Waals surface area contributed by atoms with Gasteiger partial charge in [0.05, 0.1) is 0 Å². The second-order valence-electron chi connectivity index (χ2n) is 6.75. The monoisotopic (exact) mass is 293 g/mol. The van der Waals surface area contributed by atoms with E-state index in [2.05, 4.69) is 26.1 Å². The largest absolute Gasteiger partial charge is 0.349 e. The average molecular weight is 294 g/mol. The molecule has 1 aliphatic rings. The number of amides is 1. The van der Waals surface area contributed by atoms with Gasteiger partial charge in [0.15, 0.2) is 0 Å². The number of alkyl halides is 1. The van der Waals surface area contributed by atoms with Crippen LogP contribution in [0.2, 0.25) is 0 Å². The van der Waals surface area contributed by atoms with Crippen molar-refractivity contribution in [2.45, 2.75) is 51.5 Å². The molecule has 0 aromatic heterocycles. The molecule has 2 atom stereocenters. The Labute approximate surface area is 126 Å². The predicted octanol–water partition coefficient (Wildman–Crippen LogP) is 4.12. The first-order valence-electron chi connectivity index (χ1n) is 7.39. The van der Waals surface area contributed by atoms with Crippen LogP contribution >= 0.6 is 11.6 Å². The summed E-state index contributed by atoms with van der Waals surface area (Å²) >= 11 is 5.95. The maximum atomic E-state index is 12.3. The second-order valence-corrected chi connectivity index (χ2v) is 7.06. The van der Waals surface area contributed by atoms with Gasteiger partial charge in [0.1, 0.15) is 0 Å². The van der Waals surface area contributed by atoms with Crippen LogP contribution in [0.25, 0.3) is 0 Å². The van der Waals surface area contributed by atoms with E-state index < -0.39 is 0 Å². The zero-order valence-corrected chi connectivity index (χ0v) is 13.3. The molecule has 1 fully saturated rings. The SMILES string of the molecule is CC(C)(C)c1ccc(C(=O)NC2CCCC2CCl)cc1. The molecule has 0 heterocycles. The van der Waals surface area contributed by atoms with Crippen LogP contribution in [0.1, 0.15) is 56.0 Å². The quantitative estimate of drug-likeness (QED) is 0.835. The van der Waals surface area contributed by atoms with Gasteiger partial charge in [0.2, 0.25) is 0 Å². The smallest absolute Gasteiger partial charge is 0.251 e. The summed E-state index contributed by atoms with van der Waals surface area (Å²) in [6, 6.07) is 8.16. The van der Waals surface area contributed by atoms with Crippen molar-refractivity contribution < 1.29 is 4.79 Å². The van der Waals surface area contributed by atoms with Crippen LogP contribution in [0.3, 0.4) is 0 Å². The van der Waals surface area contributed by atoms with Crippen LogP contribution < -0.4 is 5.32 Å². The van der Waals surface area contributed by atoms with Crippen molar-refractivity contribution in [3.05, 3.63) is 35.4 Å². The minimum atomic E-state index is 0.0208. The van der Waals surface area contributed by atoms with Crippen molar-refractivity contribution in [1.29, 1.82) is 0 Å². The first kappa shape index (κ1) is 15.4. The van der Waals surface area contributed by atoms with Crippen molar-refractivity contribution in [3.8, 4) is 0 Å². The van der Waals surface area contributed by atoms with Crippen LogP contribution in [0.4, 0.5) is 0 Å². The normalized spacial score (nSPS) is 22.8. The molecule has 0 bridgehead atoms. The highest BCUT2D eigenvalue weighted by atomic mass is 35.5. The molecule has 110 valence electrons. The number of nitrogens with one attached hydrogen (secondary N) is 1. The summed E-state index contributed by atoms with van der Waals surface area (Å²) in [7, 11) is 0. The number of halogens is 1. The first-order chi connectivity index (χ1) is 9.41. The van der Waals surface area contributed by atoms with Gasteiger partial charge in [-0.25, -0.2) is 0 Å². The van der Waals surface area contributed by atoms with Gasteiger partial charge in [-0.2, -0.15) is 0 Å². The Morgan fingerprint density at radius 1 is 1.25 bits per heavy atom. The number of rotatable bonds is 3. The van der Waals surface area contributed by atoms with E-state index in [4.69, 9.17) is 11.6 Å². The summed E-state index contributed by atoms with van der Waals surface area (Å²) in [6.07, 6.45) is 3.33. The Hall–Kier alpha value is -1.02. The van der Waals surface area contributed by atoms with E-state index in [0.29, 0.717) is 11.8 Å². The maximum Gasteiger partial charge on any atom is 0.251 e. The fraction of sp³-hybridized carbons (Fsp3) is 0.588. The molecule has 0 radical (unpaired) electrons. The second kappa shape index (κ2) is 6.17.